The molecule has 2 N–H and O–H groups in total. The number of hydrogen-bond acceptors (Lipinski definition) is 3. The number of likely N-dealkylation sites (tertiary alicyclic amines) is 1. The minimum atomic E-state index is -0.805. The average Bonchev–Trinajstić information content (AvgIpc) is 2.84. The van der Waals surface area contributed by atoms with Crippen LogP contribution in [0, 0.1) is 23.7 Å². The number of amides is 1. The third-order valence-electron chi connectivity index (χ3n) is 6.10. The number of rotatable bonds is 8. The molecule has 0 aromatic heterocycles. The van der Waals surface area contributed by atoms with E-state index in [0.29, 0.717) is 31.7 Å². The SMILES string of the molecule is CC1CCCC(CC(O)/C=C/[C@H]2CCCCC(=O)N2CC#CCCCC(=O)O)C1. The molecule has 0 radical (unpaired) electrons. The second kappa shape index (κ2) is 12.7. The van der Waals surface area contributed by atoms with Crippen molar-refractivity contribution >= 4 is 11.9 Å². The monoisotopic (exact) mass is 403 g/mol. The van der Waals surface area contributed by atoms with Gasteiger partial charge in [0.05, 0.1) is 18.7 Å². The molecule has 5 heteroatoms. The van der Waals surface area contributed by atoms with E-state index < -0.39 is 12.1 Å². The number of aliphatic carboxylic acids is 1. The first-order chi connectivity index (χ1) is 14.0. The van der Waals surface area contributed by atoms with Crippen LogP contribution in [0.4, 0.5) is 0 Å². The zero-order valence-electron chi connectivity index (χ0n) is 17.8. The summed E-state index contributed by atoms with van der Waals surface area (Å²) >= 11 is 0. The average molecular weight is 404 g/mol. The molecule has 1 aliphatic carbocycles. The molecule has 0 aromatic rings. The van der Waals surface area contributed by atoms with Crippen LogP contribution in [0.2, 0.25) is 0 Å². The molecule has 5 nitrogen and oxygen atoms in total. The van der Waals surface area contributed by atoms with Crippen molar-refractivity contribution in [2.24, 2.45) is 11.8 Å². The topological polar surface area (TPSA) is 77.8 Å². The number of carbonyl (C=O) groups is 2. The number of aliphatic hydroxyl groups excluding tert-OH is 1. The summed E-state index contributed by atoms with van der Waals surface area (Å²) in [5.74, 6) is 6.70. The fourth-order valence-electron chi connectivity index (χ4n) is 4.53. The standard InChI is InChI=1S/C24H37NO4/c1-19-9-8-10-20(17-19)18-22(26)15-14-21-11-5-6-12-23(27)25(21)16-7-3-2-4-13-24(28)29/h14-15,19-22,26H,2,4-6,8-13,16-18H2,1H3,(H,28,29)/b15-14+/t19?,20?,21-,22?/m1/s1. The lowest BCUT2D eigenvalue weighted by Crippen LogP contribution is -2.38. The van der Waals surface area contributed by atoms with Gasteiger partial charge in [-0.25, -0.2) is 0 Å². The molecule has 1 amide bonds. The summed E-state index contributed by atoms with van der Waals surface area (Å²) in [4.78, 5) is 24.9. The second-order valence-electron chi connectivity index (χ2n) is 8.76. The van der Waals surface area contributed by atoms with Gasteiger partial charge in [0.1, 0.15) is 0 Å². The molecular formula is C24H37NO4. The van der Waals surface area contributed by atoms with Crippen LogP contribution in [0.5, 0.6) is 0 Å². The molecule has 0 aromatic carbocycles. The quantitative estimate of drug-likeness (QED) is 0.363. The number of carbonyl (C=O) groups excluding carboxylic acids is 1. The van der Waals surface area contributed by atoms with Gasteiger partial charge in [0.25, 0.3) is 0 Å². The van der Waals surface area contributed by atoms with E-state index in [1.807, 2.05) is 17.1 Å². The Morgan fingerprint density at radius 3 is 2.83 bits per heavy atom. The zero-order valence-corrected chi connectivity index (χ0v) is 17.8. The van der Waals surface area contributed by atoms with Gasteiger partial charge in [-0.3, -0.25) is 9.59 Å². The molecule has 4 atom stereocenters. The third-order valence-corrected chi connectivity index (χ3v) is 6.10. The summed E-state index contributed by atoms with van der Waals surface area (Å²) in [6.07, 6.45) is 13.8. The van der Waals surface area contributed by atoms with E-state index in [2.05, 4.69) is 18.8 Å². The maximum Gasteiger partial charge on any atom is 0.303 e. The number of aliphatic hydroxyl groups is 1. The molecular weight excluding hydrogens is 366 g/mol. The van der Waals surface area contributed by atoms with Crippen molar-refractivity contribution in [3.05, 3.63) is 12.2 Å². The van der Waals surface area contributed by atoms with Crippen molar-refractivity contribution in [1.82, 2.24) is 4.90 Å². The van der Waals surface area contributed by atoms with E-state index in [9.17, 15) is 14.7 Å². The van der Waals surface area contributed by atoms with E-state index in [-0.39, 0.29) is 18.4 Å². The van der Waals surface area contributed by atoms with Gasteiger partial charge in [-0.15, -0.1) is 5.92 Å². The Morgan fingerprint density at radius 1 is 1.24 bits per heavy atom. The summed E-state index contributed by atoms with van der Waals surface area (Å²) in [6, 6.07) is -0.0155. The highest BCUT2D eigenvalue weighted by atomic mass is 16.4. The molecule has 2 rings (SSSR count). The summed E-state index contributed by atoms with van der Waals surface area (Å²) in [5.41, 5.74) is 0. The lowest BCUT2D eigenvalue weighted by atomic mass is 9.80. The minimum Gasteiger partial charge on any atom is -0.481 e. The highest BCUT2D eigenvalue weighted by Crippen LogP contribution is 2.31. The van der Waals surface area contributed by atoms with Gasteiger partial charge in [0, 0.05) is 19.3 Å². The predicted octanol–water partition coefficient (Wildman–Crippen LogP) is 4.15. The van der Waals surface area contributed by atoms with E-state index in [1.165, 1.54) is 25.7 Å². The number of nitrogens with zero attached hydrogens (tertiary/aromatic N) is 1. The molecule has 0 spiro atoms. The largest absolute Gasteiger partial charge is 0.481 e. The molecule has 162 valence electrons. The van der Waals surface area contributed by atoms with E-state index in [0.717, 1.165) is 31.6 Å². The molecule has 1 heterocycles. The number of hydrogen-bond donors (Lipinski definition) is 2. The molecule has 1 saturated carbocycles. The van der Waals surface area contributed by atoms with Crippen molar-refractivity contribution < 1.29 is 19.8 Å². The maximum absolute atomic E-state index is 12.5. The van der Waals surface area contributed by atoms with E-state index in [1.54, 1.807) is 0 Å². The number of unbranched alkanes of at least 4 members (excludes halogenated alkanes) is 1. The molecule has 2 aliphatic rings. The van der Waals surface area contributed by atoms with Gasteiger partial charge >= 0.3 is 5.97 Å². The van der Waals surface area contributed by atoms with Crippen molar-refractivity contribution in [1.29, 1.82) is 0 Å². The lowest BCUT2D eigenvalue weighted by Gasteiger charge is -2.28. The molecule has 29 heavy (non-hydrogen) atoms. The fourth-order valence-corrected chi connectivity index (χ4v) is 4.53. The van der Waals surface area contributed by atoms with Crippen LogP contribution in [-0.2, 0) is 9.59 Å². The van der Waals surface area contributed by atoms with Crippen LogP contribution in [-0.4, -0.2) is 45.7 Å². The first kappa shape index (κ1) is 23.5. The van der Waals surface area contributed by atoms with Gasteiger partial charge in [-0.05, 0) is 43.9 Å². The van der Waals surface area contributed by atoms with E-state index in [4.69, 9.17) is 5.11 Å². The highest BCUT2D eigenvalue weighted by Gasteiger charge is 2.24. The van der Waals surface area contributed by atoms with Gasteiger partial charge in [-0.2, -0.15) is 0 Å². The smallest absolute Gasteiger partial charge is 0.303 e. The highest BCUT2D eigenvalue weighted by molar-refractivity contribution is 5.77. The minimum absolute atomic E-state index is 0.0155. The van der Waals surface area contributed by atoms with Gasteiger partial charge < -0.3 is 15.1 Å². The van der Waals surface area contributed by atoms with Crippen LogP contribution in [0.15, 0.2) is 12.2 Å². The van der Waals surface area contributed by atoms with Gasteiger partial charge in [-0.1, -0.05) is 50.7 Å². The normalized spacial score (nSPS) is 26.6. The first-order valence-electron chi connectivity index (χ1n) is 11.3. The van der Waals surface area contributed by atoms with Crippen LogP contribution in [0.1, 0.15) is 84.0 Å². The lowest BCUT2D eigenvalue weighted by molar-refractivity contribution is -0.137. The third kappa shape index (κ3) is 9.04. The molecule has 1 aliphatic heterocycles. The van der Waals surface area contributed by atoms with Crippen LogP contribution in [0.25, 0.3) is 0 Å². The number of carboxylic acids is 1. The maximum atomic E-state index is 12.5. The predicted molar refractivity (Wildman–Crippen MR) is 114 cm³/mol. The molecule has 1 saturated heterocycles. The van der Waals surface area contributed by atoms with Gasteiger partial charge in [0.15, 0.2) is 0 Å². The van der Waals surface area contributed by atoms with Crippen molar-refractivity contribution in [2.45, 2.75) is 96.1 Å². The fraction of sp³-hybridized carbons (Fsp3) is 0.750. The molecule has 2 fully saturated rings. The molecule has 3 unspecified atom stereocenters. The summed E-state index contributed by atoms with van der Waals surface area (Å²) < 4.78 is 0. The summed E-state index contributed by atoms with van der Waals surface area (Å²) in [7, 11) is 0. The number of carboxylic acid groups (broad SMARTS) is 1. The van der Waals surface area contributed by atoms with Crippen molar-refractivity contribution in [3.8, 4) is 11.8 Å². The molecule has 0 bridgehead atoms. The Bertz CT molecular complexity index is 618. The summed E-state index contributed by atoms with van der Waals surface area (Å²) in [5, 5.41) is 19.2. The Kier molecular flexibility index (Phi) is 10.3. The van der Waals surface area contributed by atoms with Crippen LogP contribution >= 0.6 is 0 Å². The zero-order chi connectivity index (χ0) is 21.1. The van der Waals surface area contributed by atoms with E-state index >= 15 is 0 Å². The Balaban J connectivity index is 1.88. The first-order valence-corrected chi connectivity index (χ1v) is 11.3. The van der Waals surface area contributed by atoms with Crippen LogP contribution in [0.3, 0.4) is 0 Å². The second-order valence-corrected chi connectivity index (χ2v) is 8.76. The van der Waals surface area contributed by atoms with Gasteiger partial charge in [0.2, 0.25) is 5.91 Å². The summed E-state index contributed by atoms with van der Waals surface area (Å²) in [6.45, 7) is 2.67. The Labute approximate surface area is 175 Å². The van der Waals surface area contributed by atoms with Crippen molar-refractivity contribution in [2.75, 3.05) is 6.54 Å². The Hall–Kier alpha value is -1.80. The van der Waals surface area contributed by atoms with Crippen molar-refractivity contribution in [3.63, 3.8) is 0 Å². The van der Waals surface area contributed by atoms with Crippen LogP contribution < -0.4 is 0 Å². The Morgan fingerprint density at radius 2 is 2.07 bits per heavy atom.